The Morgan fingerprint density at radius 2 is 1.65 bits per heavy atom. The van der Waals surface area contributed by atoms with E-state index in [0.29, 0.717) is 6.54 Å². The summed E-state index contributed by atoms with van der Waals surface area (Å²) >= 11 is 0. The van der Waals surface area contributed by atoms with Crippen LogP contribution >= 0.6 is 0 Å². The van der Waals surface area contributed by atoms with Gasteiger partial charge >= 0.3 is 6.09 Å². The van der Waals surface area contributed by atoms with E-state index in [4.69, 9.17) is 5.11 Å². The third-order valence-corrected chi connectivity index (χ3v) is 4.53. The lowest BCUT2D eigenvalue weighted by Gasteiger charge is -2.30. The SMILES string of the molecule is C=CCN(C)CCC1CCC(CCN(C)C(=O)O)CC1. The Morgan fingerprint density at radius 3 is 2.10 bits per heavy atom. The lowest BCUT2D eigenvalue weighted by atomic mass is 9.79. The monoisotopic (exact) mass is 282 g/mol. The van der Waals surface area contributed by atoms with E-state index < -0.39 is 6.09 Å². The zero-order chi connectivity index (χ0) is 15.0. The number of rotatable bonds is 8. The average molecular weight is 282 g/mol. The van der Waals surface area contributed by atoms with Crippen LogP contribution in [0.5, 0.6) is 0 Å². The van der Waals surface area contributed by atoms with Crippen LogP contribution in [-0.4, -0.2) is 54.7 Å². The van der Waals surface area contributed by atoms with Crippen LogP contribution in [0.15, 0.2) is 12.7 Å². The van der Waals surface area contributed by atoms with E-state index >= 15 is 0 Å². The molecule has 0 unspecified atom stereocenters. The van der Waals surface area contributed by atoms with Gasteiger partial charge in [-0.25, -0.2) is 4.79 Å². The van der Waals surface area contributed by atoms with Crippen LogP contribution in [-0.2, 0) is 0 Å². The fourth-order valence-electron chi connectivity index (χ4n) is 3.00. The second-order valence-electron chi connectivity index (χ2n) is 6.22. The number of hydrogen-bond donors (Lipinski definition) is 1. The highest BCUT2D eigenvalue weighted by Gasteiger charge is 2.21. The molecule has 0 saturated heterocycles. The molecule has 1 N–H and O–H groups in total. The van der Waals surface area contributed by atoms with Crippen molar-refractivity contribution in [2.75, 3.05) is 33.7 Å². The van der Waals surface area contributed by atoms with Crippen molar-refractivity contribution in [1.29, 1.82) is 0 Å². The third-order valence-electron chi connectivity index (χ3n) is 4.53. The van der Waals surface area contributed by atoms with E-state index in [0.717, 1.165) is 31.3 Å². The number of nitrogens with zero attached hydrogens (tertiary/aromatic N) is 2. The molecule has 0 aromatic carbocycles. The summed E-state index contributed by atoms with van der Waals surface area (Å²) in [5, 5.41) is 8.83. The first kappa shape index (κ1) is 17.0. The molecule has 0 spiro atoms. The summed E-state index contributed by atoms with van der Waals surface area (Å²) in [4.78, 5) is 14.5. The minimum atomic E-state index is -0.816. The first-order valence-corrected chi connectivity index (χ1v) is 7.76. The summed E-state index contributed by atoms with van der Waals surface area (Å²) in [6.45, 7) is 6.56. The molecular weight excluding hydrogens is 252 g/mol. The minimum Gasteiger partial charge on any atom is -0.465 e. The smallest absolute Gasteiger partial charge is 0.407 e. The van der Waals surface area contributed by atoms with Crippen molar-refractivity contribution in [3.8, 4) is 0 Å². The minimum absolute atomic E-state index is 0.673. The Kier molecular flexibility index (Phi) is 7.67. The molecule has 4 nitrogen and oxygen atoms in total. The Labute approximate surface area is 123 Å². The molecule has 0 bridgehead atoms. The maximum atomic E-state index is 10.7. The number of likely N-dealkylation sites (N-methyl/N-ethyl adjacent to an activating group) is 1. The summed E-state index contributed by atoms with van der Waals surface area (Å²) in [7, 11) is 3.80. The molecule has 0 aliphatic heterocycles. The molecule has 20 heavy (non-hydrogen) atoms. The summed E-state index contributed by atoms with van der Waals surface area (Å²) in [6, 6.07) is 0. The zero-order valence-corrected chi connectivity index (χ0v) is 13.1. The molecule has 0 atom stereocenters. The van der Waals surface area contributed by atoms with E-state index in [1.54, 1.807) is 7.05 Å². The van der Waals surface area contributed by atoms with Gasteiger partial charge in [-0.15, -0.1) is 6.58 Å². The second-order valence-corrected chi connectivity index (χ2v) is 6.22. The Bertz CT molecular complexity index is 299. The number of carbonyl (C=O) groups is 1. The van der Waals surface area contributed by atoms with Crippen LogP contribution in [0.2, 0.25) is 0 Å². The second kappa shape index (κ2) is 9.01. The van der Waals surface area contributed by atoms with Crippen molar-refractivity contribution in [2.24, 2.45) is 11.8 Å². The van der Waals surface area contributed by atoms with Gasteiger partial charge in [-0.1, -0.05) is 31.8 Å². The van der Waals surface area contributed by atoms with Gasteiger partial charge in [0.15, 0.2) is 0 Å². The average Bonchev–Trinajstić information content (AvgIpc) is 2.43. The summed E-state index contributed by atoms with van der Waals surface area (Å²) in [6.07, 6.45) is 8.59. The molecule has 1 aliphatic rings. The van der Waals surface area contributed by atoms with E-state index in [1.165, 1.54) is 37.0 Å². The van der Waals surface area contributed by atoms with Gasteiger partial charge in [0.05, 0.1) is 0 Å². The van der Waals surface area contributed by atoms with E-state index in [1.807, 2.05) is 6.08 Å². The highest BCUT2D eigenvalue weighted by atomic mass is 16.4. The van der Waals surface area contributed by atoms with Crippen molar-refractivity contribution in [3.63, 3.8) is 0 Å². The van der Waals surface area contributed by atoms with Gasteiger partial charge in [0.1, 0.15) is 0 Å². The summed E-state index contributed by atoms with van der Waals surface area (Å²) in [5.74, 6) is 1.58. The molecule has 0 aromatic rings. The predicted octanol–water partition coefficient (Wildman–Crippen LogP) is 3.30. The molecule has 116 valence electrons. The highest BCUT2D eigenvalue weighted by molar-refractivity contribution is 5.64. The Hall–Kier alpha value is -1.03. The van der Waals surface area contributed by atoms with E-state index in [-0.39, 0.29) is 0 Å². The molecule has 1 rings (SSSR count). The van der Waals surface area contributed by atoms with Gasteiger partial charge < -0.3 is 14.9 Å². The summed E-state index contributed by atoms with van der Waals surface area (Å²) < 4.78 is 0. The van der Waals surface area contributed by atoms with Gasteiger partial charge in [-0.3, -0.25) is 0 Å². The van der Waals surface area contributed by atoms with Crippen LogP contribution < -0.4 is 0 Å². The predicted molar refractivity (Wildman–Crippen MR) is 83.0 cm³/mol. The first-order valence-electron chi connectivity index (χ1n) is 7.76. The molecule has 4 heteroatoms. The van der Waals surface area contributed by atoms with Crippen LogP contribution in [0.25, 0.3) is 0 Å². The highest BCUT2D eigenvalue weighted by Crippen LogP contribution is 2.32. The third kappa shape index (κ3) is 6.42. The van der Waals surface area contributed by atoms with Crippen LogP contribution in [0.1, 0.15) is 38.5 Å². The topological polar surface area (TPSA) is 43.8 Å². The lowest BCUT2D eigenvalue weighted by Crippen LogP contribution is -2.28. The normalized spacial score (nSPS) is 22.8. The van der Waals surface area contributed by atoms with Gasteiger partial charge in [0, 0.05) is 20.1 Å². The molecule has 1 aliphatic carbocycles. The van der Waals surface area contributed by atoms with Crippen LogP contribution in [0.3, 0.4) is 0 Å². The number of amides is 1. The number of hydrogen-bond acceptors (Lipinski definition) is 2. The van der Waals surface area contributed by atoms with Gasteiger partial charge in [-0.05, 0) is 38.3 Å². The van der Waals surface area contributed by atoms with Crippen molar-refractivity contribution < 1.29 is 9.90 Å². The molecule has 1 saturated carbocycles. The van der Waals surface area contributed by atoms with E-state index in [2.05, 4.69) is 18.5 Å². The lowest BCUT2D eigenvalue weighted by molar-refractivity contribution is 0.149. The summed E-state index contributed by atoms with van der Waals surface area (Å²) in [5.41, 5.74) is 0. The molecule has 0 radical (unpaired) electrons. The molecule has 0 heterocycles. The first-order chi connectivity index (χ1) is 9.52. The largest absolute Gasteiger partial charge is 0.465 e. The molecular formula is C16H30N2O2. The fourth-order valence-corrected chi connectivity index (χ4v) is 3.00. The van der Waals surface area contributed by atoms with Crippen LogP contribution in [0.4, 0.5) is 4.79 Å². The van der Waals surface area contributed by atoms with E-state index in [9.17, 15) is 4.79 Å². The quantitative estimate of drug-likeness (QED) is 0.695. The molecule has 0 aromatic heterocycles. The van der Waals surface area contributed by atoms with Crippen molar-refractivity contribution in [3.05, 3.63) is 12.7 Å². The Morgan fingerprint density at radius 1 is 1.15 bits per heavy atom. The zero-order valence-electron chi connectivity index (χ0n) is 13.1. The van der Waals surface area contributed by atoms with Gasteiger partial charge in [0.25, 0.3) is 0 Å². The molecule has 1 fully saturated rings. The molecule has 1 amide bonds. The fraction of sp³-hybridized carbons (Fsp3) is 0.812. The Balaban J connectivity index is 2.13. The number of carboxylic acid groups (broad SMARTS) is 1. The maximum absolute atomic E-state index is 10.7. The standard InChI is InChI=1S/C16H30N2O2/c1-4-11-17(2)12-9-14-5-7-15(8-6-14)10-13-18(3)16(19)20/h4,14-15H,1,5-13H2,2-3H3,(H,19,20). The van der Waals surface area contributed by atoms with Crippen molar-refractivity contribution in [1.82, 2.24) is 9.80 Å². The maximum Gasteiger partial charge on any atom is 0.407 e. The van der Waals surface area contributed by atoms with Gasteiger partial charge in [-0.2, -0.15) is 0 Å². The van der Waals surface area contributed by atoms with Gasteiger partial charge in [0.2, 0.25) is 0 Å². The van der Waals surface area contributed by atoms with Crippen LogP contribution in [0, 0.1) is 11.8 Å². The van der Waals surface area contributed by atoms with Crippen molar-refractivity contribution >= 4 is 6.09 Å². The van der Waals surface area contributed by atoms with Crippen molar-refractivity contribution in [2.45, 2.75) is 38.5 Å².